The van der Waals surface area contributed by atoms with Crippen LogP contribution in [-0.2, 0) is 11.3 Å². The van der Waals surface area contributed by atoms with Crippen LogP contribution in [-0.4, -0.2) is 49.3 Å². The number of benzene rings is 2. The zero-order valence-electron chi connectivity index (χ0n) is 16.6. The Morgan fingerprint density at radius 2 is 1.79 bits per heavy atom. The normalized spacial score (nSPS) is 15.3. The molecule has 1 N–H and O–H groups in total. The summed E-state index contributed by atoms with van der Waals surface area (Å²) >= 11 is 1.61. The lowest BCUT2D eigenvalue weighted by Gasteiger charge is -2.16. The Hall–Kier alpha value is -2.71. The molecule has 152 valence electrons. The van der Waals surface area contributed by atoms with Gasteiger partial charge in [-0.2, -0.15) is 0 Å². The summed E-state index contributed by atoms with van der Waals surface area (Å²) in [6, 6.07) is 11.5. The molecule has 1 aliphatic rings. The van der Waals surface area contributed by atoms with Crippen molar-refractivity contribution >= 4 is 22.7 Å². The molecule has 29 heavy (non-hydrogen) atoms. The third-order valence-electron chi connectivity index (χ3n) is 4.77. The maximum absolute atomic E-state index is 8.87. The average Bonchev–Trinajstić information content (AvgIpc) is 3.58. The molecule has 0 radical (unpaired) electrons. The van der Waals surface area contributed by atoms with E-state index in [1.54, 1.807) is 33.1 Å². The van der Waals surface area contributed by atoms with Crippen LogP contribution in [0.25, 0.3) is 10.9 Å². The van der Waals surface area contributed by atoms with Gasteiger partial charge in [0, 0.05) is 17.2 Å². The molecular formula is C21H23N3O4S. The number of thioether (sulfide) groups is 1. The minimum atomic E-state index is 0.270. The van der Waals surface area contributed by atoms with Crippen molar-refractivity contribution in [3.63, 3.8) is 0 Å². The lowest BCUT2D eigenvalue weighted by atomic mass is 10.2. The molecule has 8 heteroatoms. The smallest absolute Gasteiger partial charge is 0.170 e. The Morgan fingerprint density at radius 1 is 1.10 bits per heavy atom. The first-order valence-corrected chi connectivity index (χ1v) is 10.2. The predicted molar refractivity (Wildman–Crippen MR) is 111 cm³/mol. The summed E-state index contributed by atoms with van der Waals surface area (Å²) in [5.41, 5.74) is 2.15. The fraction of sp³-hybridized carbons (Fsp3) is 0.333. The van der Waals surface area contributed by atoms with Crippen molar-refractivity contribution in [3.8, 4) is 17.2 Å². The van der Waals surface area contributed by atoms with Gasteiger partial charge in [0.25, 0.3) is 0 Å². The van der Waals surface area contributed by atoms with E-state index in [0.29, 0.717) is 34.4 Å². The van der Waals surface area contributed by atoms with Crippen LogP contribution in [0.1, 0.15) is 5.56 Å². The van der Waals surface area contributed by atoms with Gasteiger partial charge in [-0.3, -0.25) is 5.41 Å². The second-order valence-electron chi connectivity index (χ2n) is 6.67. The van der Waals surface area contributed by atoms with Crippen LogP contribution in [0.4, 0.5) is 0 Å². The molecule has 1 atom stereocenters. The van der Waals surface area contributed by atoms with Gasteiger partial charge in [0.05, 0.1) is 46.1 Å². The summed E-state index contributed by atoms with van der Waals surface area (Å²) in [5.74, 6) is 2.80. The Kier molecular flexibility index (Phi) is 5.64. The Bertz CT molecular complexity index is 1080. The first-order chi connectivity index (χ1) is 14.1. The Labute approximate surface area is 173 Å². The molecule has 0 saturated carbocycles. The van der Waals surface area contributed by atoms with Crippen molar-refractivity contribution < 1.29 is 18.9 Å². The van der Waals surface area contributed by atoms with Crippen LogP contribution in [0.3, 0.4) is 0 Å². The molecule has 1 saturated heterocycles. The molecule has 3 aromatic rings. The topological polar surface area (TPSA) is 81.9 Å². The maximum atomic E-state index is 8.87. The number of nitrogens with zero attached hydrogens (tertiary/aromatic N) is 2. The minimum absolute atomic E-state index is 0.270. The van der Waals surface area contributed by atoms with Crippen molar-refractivity contribution in [2.45, 2.75) is 17.8 Å². The average molecular weight is 413 g/mol. The van der Waals surface area contributed by atoms with Crippen LogP contribution in [0.15, 0.2) is 41.6 Å². The fourth-order valence-corrected chi connectivity index (χ4v) is 4.06. The summed E-state index contributed by atoms with van der Waals surface area (Å²) < 4.78 is 23.3. The number of methoxy groups -OCH3 is 3. The third-order valence-corrected chi connectivity index (χ3v) is 5.88. The van der Waals surface area contributed by atoms with Crippen LogP contribution in [0.5, 0.6) is 17.2 Å². The van der Waals surface area contributed by atoms with Gasteiger partial charge in [-0.25, -0.2) is 4.98 Å². The van der Waals surface area contributed by atoms with Gasteiger partial charge in [0.1, 0.15) is 11.2 Å². The molecule has 1 aliphatic heterocycles. The van der Waals surface area contributed by atoms with E-state index in [2.05, 4.69) is 0 Å². The van der Waals surface area contributed by atoms with Gasteiger partial charge < -0.3 is 23.5 Å². The number of rotatable bonds is 8. The van der Waals surface area contributed by atoms with Crippen molar-refractivity contribution in [2.75, 3.05) is 33.7 Å². The molecule has 0 spiro atoms. The van der Waals surface area contributed by atoms with Gasteiger partial charge in [-0.15, -0.1) is 0 Å². The zero-order valence-corrected chi connectivity index (χ0v) is 17.4. The highest BCUT2D eigenvalue weighted by Crippen LogP contribution is 2.31. The number of hydrogen-bond acceptors (Lipinski definition) is 7. The van der Waals surface area contributed by atoms with Gasteiger partial charge in [-0.05, 0) is 23.8 Å². The summed E-state index contributed by atoms with van der Waals surface area (Å²) in [4.78, 5) is 4.84. The van der Waals surface area contributed by atoms with Crippen molar-refractivity contribution in [1.82, 2.24) is 9.55 Å². The molecule has 2 heterocycles. The summed E-state index contributed by atoms with van der Waals surface area (Å²) in [6.45, 7) is 1.33. The molecule has 0 amide bonds. The molecule has 7 nitrogen and oxygen atoms in total. The van der Waals surface area contributed by atoms with Crippen molar-refractivity contribution in [3.05, 3.63) is 47.4 Å². The molecular weight excluding hydrogens is 390 g/mol. The van der Waals surface area contributed by atoms with E-state index in [4.69, 9.17) is 29.3 Å². The number of epoxide rings is 1. The lowest BCUT2D eigenvalue weighted by molar-refractivity contribution is 0.355. The van der Waals surface area contributed by atoms with E-state index >= 15 is 0 Å². The van der Waals surface area contributed by atoms with Gasteiger partial charge >= 0.3 is 0 Å². The quantitative estimate of drug-likeness (QED) is 0.347. The SMILES string of the molecule is COc1ccc(Cn2c(SCC3CO3)nc3cc(OC)c(OC)cc3c2=N)cc1. The minimum Gasteiger partial charge on any atom is -0.497 e. The zero-order chi connectivity index (χ0) is 20.4. The monoisotopic (exact) mass is 413 g/mol. The van der Waals surface area contributed by atoms with E-state index in [1.807, 2.05) is 41.0 Å². The van der Waals surface area contributed by atoms with E-state index < -0.39 is 0 Å². The predicted octanol–water partition coefficient (Wildman–Crippen LogP) is 3.08. The Morgan fingerprint density at radius 3 is 2.41 bits per heavy atom. The number of aromatic nitrogens is 2. The maximum Gasteiger partial charge on any atom is 0.170 e. The van der Waals surface area contributed by atoms with E-state index in [-0.39, 0.29) is 6.10 Å². The van der Waals surface area contributed by atoms with Gasteiger partial charge in [-0.1, -0.05) is 23.9 Å². The summed E-state index contributed by atoms with van der Waals surface area (Å²) in [7, 11) is 4.83. The standard InChI is InChI=1S/C21H23N3O4S/c1-25-14-6-4-13(5-7-14)10-24-20(22)16-8-18(26-2)19(27-3)9-17(16)23-21(24)29-12-15-11-28-15/h4-9,15,22H,10-12H2,1-3H3. The third kappa shape index (κ3) is 4.18. The number of nitrogens with one attached hydrogen (secondary N) is 1. The van der Waals surface area contributed by atoms with E-state index in [9.17, 15) is 0 Å². The van der Waals surface area contributed by atoms with Crippen LogP contribution in [0, 0.1) is 5.41 Å². The highest BCUT2D eigenvalue weighted by Gasteiger charge is 2.24. The van der Waals surface area contributed by atoms with Crippen molar-refractivity contribution in [2.24, 2.45) is 0 Å². The molecule has 4 rings (SSSR count). The number of hydrogen-bond donors (Lipinski definition) is 1. The highest BCUT2D eigenvalue weighted by molar-refractivity contribution is 7.99. The molecule has 0 bridgehead atoms. The summed E-state index contributed by atoms with van der Waals surface area (Å²) in [6.07, 6.45) is 0.270. The summed E-state index contributed by atoms with van der Waals surface area (Å²) in [5, 5.41) is 10.4. The second kappa shape index (κ2) is 8.34. The lowest BCUT2D eigenvalue weighted by Crippen LogP contribution is -2.24. The fourth-order valence-electron chi connectivity index (χ4n) is 3.06. The highest BCUT2D eigenvalue weighted by atomic mass is 32.2. The molecule has 1 aromatic heterocycles. The second-order valence-corrected chi connectivity index (χ2v) is 7.66. The molecule has 1 unspecified atom stereocenters. The van der Waals surface area contributed by atoms with Crippen LogP contribution < -0.4 is 19.7 Å². The Balaban J connectivity index is 1.80. The van der Waals surface area contributed by atoms with Gasteiger partial charge in [0.2, 0.25) is 0 Å². The molecule has 0 aliphatic carbocycles. The largest absolute Gasteiger partial charge is 0.497 e. The molecule has 1 fully saturated rings. The number of ether oxygens (including phenoxy) is 4. The first kappa shape index (κ1) is 19.6. The molecule has 2 aromatic carbocycles. The van der Waals surface area contributed by atoms with E-state index in [1.165, 1.54) is 0 Å². The first-order valence-electron chi connectivity index (χ1n) is 9.21. The van der Waals surface area contributed by atoms with E-state index in [0.717, 1.165) is 28.8 Å². The van der Waals surface area contributed by atoms with Crippen LogP contribution >= 0.6 is 11.8 Å². The van der Waals surface area contributed by atoms with Gasteiger partial charge in [0.15, 0.2) is 16.7 Å². The van der Waals surface area contributed by atoms with Crippen molar-refractivity contribution in [1.29, 1.82) is 5.41 Å². The number of fused-ring (bicyclic) bond motifs is 1. The van der Waals surface area contributed by atoms with Crippen LogP contribution in [0.2, 0.25) is 0 Å².